The van der Waals surface area contributed by atoms with Crippen LogP contribution in [-0.4, -0.2) is 24.6 Å². The lowest BCUT2D eigenvalue weighted by Gasteiger charge is -2.12. The first-order valence-corrected chi connectivity index (χ1v) is 8.10. The van der Waals surface area contributed by atoms with E-state index < -0.39 is 17.5 Å². The number of nitrogens with zero attached hydrogens (tertiary/aromatic N) is 1. The molecule has 2 aromatic rings. The van der Waals surface area contributed by atoms with Crippen LogP contribution in [0.2, 0.25) is 0 Å². The van der Waals surface area contributed by atoms with Crippen LogP contribution in [0.3, 0.4) is 0 Å². The zero-order chi connectivity index (χ0) is 20.0. The Kier molecular flexibility index (Phi) is 6.72. The summed E-state index contributed by atoms with van der Waals surface area (Å²) in [5, 5.41) is 22.0. The largest absolute Gasteiger partial charge is 0.544 e. The lowest BCUT2D eigenvalue weighted by Crippen LogP contribution is -2.22. The van der Waals surface area contributed by atoms with Gasteiger partial charge in [-0.05, 0) is 35.9 Å². The second-order valence-corrected chi connectivity index (χ2v) is 6.05. The second-order valence-electron chi connectivity index (χ2n) is 4.94. The summed E-state index contributed by atoms with van der Waals surface area (Å²) in [7, 11) is 1.26. The van der Waals surface area contributed by atoms with Crippen molar-refractivity contribution in [3.63, 3.8) is 0 Å². The van der Waals surface area contributed by atoms with E-state index in [2.05, 4.69) is 4.74 Å². The van der Waals surface area contributed by atoms with Gasteiger partial charge in [0.1, 0.15) is 0 Å². The average molecular weight is 396 g/mol. The van der Waals surface area contributed by atoms with Gasteiger partial charge in [0.2, 0.25) is 0 Å². The number of carboxylic acids is 1. The van der Waals surface area contributed by atoms with Crippen LogP contribution in [0, 0.1) is 10.1 Å². The van der Waals surface area contributed by atoms with Crippen LogP contribution in [0.4, 0.5) is 14.5 Å². The van der Waals surface area contributed by atoms with Gasteiger partial charge in [-0.1, -0.05) is 17.8 Å². The molecule has 0 aliphatic rings. The van der Waals surface area contributed by atoms with E-state index in [1.54, 1.807) is 0 Å². The highest BCUT2D eigenvalue weighted by atomic mass is 32.2. The third kappa shape index (κ3) is 5.68. The fraction of sp³-hybridized carbons (Fsp3) is 0.118. The number of nitro benzene ring substituents is 1. The molecule has 0 bridgehead atoms. The number of non-ortho nitro benzene ring substituents is 1. The number of hydrogen-bond acceptors (Lipinski definition) is 7. The molecule has 0 aliphatic carbocycles. The predicted octanol–water partition coefficient (Wildman–Crippen LogP) is 3.09. The summed E-state index contributed by atoms with van der Waals surface area (Å²) < 4.78 is 34.0. The van der Waals surface area contributed by atoms with E-state index in [-0.39, 0.29) is 22.1 Å². The van der Waals surface area contributed by atoms with Crippen LogP contribution in [0.25, 0.3) is 6.08 Å². The molecule has 27 heavy (non-hydrogen) atoms. The van der Waals surface area contributed by atoms with Crippen molar-refractivity contribution in [2.75, 3.05) is 7.11 Å². The Hall–Kier alpha value is -3.14. The zero-order valence-corrected chi connectivity index (χ0v) is 14.6. The molecule has 10 heteroatoms. The minimum absolute atomic E-state index is 0.00193. The molecule has 7 nitrogen and oxygen atoms in total. The third-order valence-electron chi connectivity index (χ3n) is 3.18. The number of hydrogen-bond donors (Lipinski definition) is 0. The topological polar surface area (TPSA) is 102 Å². The highest BCUT2D eigenvalue weighted by Crippen LogP contribution is 2.33. The van der Waals surface area contributed by atoms with E-state index in [0.717, 1.165) is 11.8 Å². The number of carbonyl (C=O) groups excluding carboxylic acids is 1. The maximum Gasteiger partial charge on any atom is 0.387 e. The molecule has 0 aromatic heterocycles. The number of alkyl halides is 2. The van der Waals surface area contributed by atoms with Crippen LogP contribution in [0.5, 0.6) is 11.5 Å². The van der Waals surface area contributed by atoms with Crippen molar-refractivity contribution in [2.24, 2.45) is 0 Å². The quantitative estimate of drug-likeness (QED) is 0.292. The Morgan fingerprint density at radius 2 is 1.85 bits per heavy atom. The number of thioether (sulfide) groups is 1. The van der Waals surface area contributed by atoms with Crippen molar-refractivity contribution in [3.05, 3.63) is 63.0 Å². The Morgan fingerprint density at radius 3 is 2.37 bits per heavy atom. The molecule has 0 unspecified atom stereocenters. The number of carbonyl (C=O) groups is 1. The number of methoxy groups -OCH3 is 1. The molecule has 2 rings (SSSR count). The summed E-state index contributed by atoms with van der Waals surface area (Å²) in [4.78, 5) is 21.7. The summed E-state index contributed by atoms with van der Waals surface area (Å²) in [5.41, 5.74) is 0.222. The zero-order valence-electron chi connectivity index (χ0n) is 13.8. The van der Waals surface area contributed by atoms with Crippen molar-refractivity contribution in [1.29, 1.82) is 0 Å². The van der Waals surface area contributed by atoms with Crippen LogP contribution >= 0.6 is 11.8 Å². The summed E-state index contributed by atoms with van der Waals surface area (Å²) in [5.74, 6) is -1.66. The molecular weight excluding hydrogens is 384 g/mol. The van der Waals surface area contributed by atoms with Crippen molar-refractivity contribution < 1.29 is 33.1 Å². The third-order valence-corrected chi connectivity index (χ3v) is 4.19. The number of rotatable bonds is 8. The molecule has 0 saturated carbocycles. The summed E-state index contributed by atoms with van der Waals surface area (Å²) in [6, 6.07) is 9.22. The van der Waals surface area contributed by atoms with E-state index in [1.807, 2.05) is 0 Å². The summed E-state index contributed by atoms with van der Waals surface area (Å²) in [6.45, 7) is -3.03. The molecule has 0 heterocycles. The number of benzene rings is 2. The van der Waals surface area contributed by atoms with Crippen molar-refractivity contribution >= 4 is 29.5 Å². The highest BCUT2D eigenvalue weighted by Gasteiger charge is 2.12. The molecule has 0 N–H and O–H groups in total. The van der Waals surface area contributed by atoms with E-state index in [9.17, 15) is 28.8 Å². The van der Waals surface area contributed by atoms with E-state index >= 15 is 0 Å². The van der Waals surface area contributed by atoms with Gasteiger partial charge in [-0.2, -0.15) is 8.78 Å². The van der Waals surface area contributed by atoms with E-state index in [0.29, 0.717) is 10.5 Å². The van der Waals surface area contributed by atoms with Gasteiger partial charge in [0, 0.05) is 21.9 Å². The molecule has 0 amide bonds. The Labute approximate surface area is 156 Å². The van der Waals surface area contributed by atoms with Crippen LogP contribution in [0.15, 0.2) is 52.3 Å². The molecule has 0 radical (unpaired) electrons. The van der Waals surface area contributed by atoms with Crippen LogP contribution in [0.1, 0.15) is 5.56 Å². The lowest BCUT2D eigenvalue weighted by molar-refractivity contribution is -0.384. The first-order chi connectivity index (χ1) is 12.8. The van der Waals surface area contributed by atoms with Crippen molar-refractivity contribution in [3.8, 4) is 11.5 Å². The second kappa shape index (κ2) is 8.99. The normalized spacial score (nSPS) is 11.3. The molecule has 2 aromatic carbocycles. The number of nitro groups is 1. The van der Waals surface area contributed by atoms with Gasteiger partial charge in [-0.3, -0.25) is 10.1 Å². The maximum absolute atomic E-state index is 12.4. The van der Waals surface area contributed by atoms with Gasteiger partial charge in [0.25, 0.3) is 5.69 Å². The van der Waals surface area contributed by atoms with Gasteiger partial charge in [-0.25, -0.2) is 0 Å². The number of aliphatic carboxylic acids is 1. The Morgan fingerprint density at radius 1 is 1.19 bits per heavy atom. The lowest BCUT2D eigenvalue weighted by atomic mass is 10.2. The Balaban J connectivity index is 2.29. The first-order valence-electron chi connectivity index (χ1n) is 7.28. The van der Waals surface area contributed by atoms with Gasteiger partial charge in [0.05, 0.1) is 18.0 Å². The predicted molar refractivity (Wildman–Crippen MR) is 91.6 cm³/mol. The number of halogens is 2. The van der Waals surface area contributed by atoms with Gasteiger partial charge in [0.15, 0.2) is 11.5 Å². The van der Waals surface area contributed by atoms with Crippen LogP contribution in [-0.2, 0) is 4.79 Å². The summed E-state index contributed by atoms with van der Waals surface area (Å²) >= 11 is 0.825. The number of ether oxygens (including phenoxy) is 2. The van der Waals surface area contributed by atoms with Crippen molar-refractivity contribution in [1.82, 2.24) is 0 Å². The molecule has 0 aliphatic heterocycles. The summed E-state index contributed by atoms with van der Waals surface area (Å²) in [6.07, 6.45) is 1.26. The first kappa shape index (κ1) is 20.2. The Bertz CT molecular complexity index is 870. The SMILES string of the molecule is COc1cc(/C=C(/Sc2ccc([N+](=O)[O-])cc2)C(=O)[O-])ccc1OC(F)F. The van der Waals surface area contributed by atoms with E-state index in [1.165, 1.54) is 55.7 Å². The fourth-order valence-corrected chi connectivity index (χ4v) is 2.82. The molecule has 0 saturated heterocycles. The molecular formula is C17H12F2NO6S-. The molecule has 0 spiro atoms. The highest BCUT2D eigenvalue weighted by molar-refractivity contribution is 8.04. The standard InChI is InChI=1S/C17H13F2NO6S/c1-25-14-8-10(2-7-13(14)26-17(18)19)9-15(16(21)22)27-12-5-3-11(4-6-12)20(23)24/h2-9,17H,1H3,(H,21,22)/p-1/b15-9+. The van der Waals surface area contributed by atoms with E-state index in [4.69, 9.17) is 4.74 Å². The van der Waals surface area contributed by atoms with Crippen LogP contribution < -0.4 is 14.6 Å². The molecule has 0 atom stereocenters. The average Bonchev–Trinajstić information content (AvgIpc) is 2.62. The van der Waals surface area contributed by atoms with Gasteiger partial charge in [-0.15, -0.1) is 0 Å². The van der Waals surface area contributed by atoms with Crippen molar-refractivity contribution in [2.45, 2.75) is 11.5 Å². The van der Waals surface area contributed by atoms with Gasteiger partial charge >= 0.3 is 6.61 Å². The smallest absolute Gasteiger partial charge is 0.387 e. The fourth-order valence-electron chi connectivity index (χ4n) is 2.01. The minimum atomic E-state index is -3.03. The monoisotopic (exact) mass is 396 g/mol. The molecule has 142 valence electrons. The van der Waals surface area contributed by atoms with Gasteiger partial charge < -0.3 is 19.4 Å². The maximum atomic E-state index is 12.4. The number of carboxylic acid groups (broad SMARTS) is 1. The molecule has 0 fully saturated rings. The minimum Gasteiger partial charge on any atom is -0.544 e.